The molecule has 2 heterocycles. The summed E-state index contributed by atoms with van der Waals surface area (Å²) in [7, 11) is 3.43. The van der Waals surface area contributed by atoms with Gasteiger partial charge in [-0.15, -0.1) is 11.3 Å². The van der Waals surface area contributed by atoms with E-state index in [-0.39, 0.29) is 29.9 Å². The highest BCUT2D eigenvalue weighted by molar-refractivity contribution is 7.20. The van der Waals surface area contributed by atoms with Gasteiger partial charge in [0.2, 0.25) is 0 Å². The molecule has 180 valence electrons. The molecule has 1 aliphatic rings. The van der Waals surface area contributed by atoms with Gasteiger partial charge in [0.15, 0.2) is 5.01 Å². The molecule has 0 bridgehead atoms. The van der Waals surface area contributed by atoms with Crippen LogP contribution in [0.3, 0.4) is 0 Å². The van der Waals surface area contributed by atoms with Crippen molar-refractivity contribution in [1.29, 1.82) is 0 Å². The quantitative estimate of drug-likeness (QED) is 0.592. The van der Waals surface area contributed by atoms with E-state index in [1.54, 1.807) is 37.3 Å². The molecule has 4 rings (SSSR count). The number of carbonyl (C=O) groups is 2. The van der Waals surface area contributed by atoms with E-state index < -0.39 is 0 Å². The average molecular weight is 483 g/mol. The van der Waals surface area contributed by atoms with E-state index in [9.17, 15) is 9.59 Å². The molecule has 0 aliphatic carbocycles. The van der Waals surface area contributed by atoms with Gasteiger partial charge in [-0.1, -0.05) is 19.1 Å². The third-order valence-corrected chi connectivity index (χ3v) is 7.01. The fourth-order valence-corrected chi connectivity index (χ4v) is 4.75. The lowest BCUT2D eigenvalue weighted by atomic mass is 10.0. The molecular formula is C25H30N4O4S. The van der Waals surface area contributed by atoms with Crippen LogP contribution in [0, 0.1) is 5.92 Å². The number of anilines is 1. The number of aromatic nitrogens is 1. The van der Waals surface area contributed by atoms with E-state index in [4.69, 9.17) is 9.47 Å². The van der Waals surface area contributed by atoms with Crippen LogP contribution in [-0.2, 0) is 4.74 Å². The number of methoxy groups -OCH3 is 1. The minimum Gasteiger partial charge on any atom is -0.491 e. The highest BCUT2D eigenvalue weighted by atomic mass is 32.1. The Hall–Kier alpha value is -3.01. The van der Waals surface area contributed by atoms with Crippen LogP contribution in [0.1, 0.15) is 34.0 Å². The lowest BCUT2D eigenvalue weighted by Gasteiger charge is -2.30. The van der Waals surface area contributed by atoms with Gasteiger partial charge in [0, 0.05) is 45.0 Å². The van der Waals surface area contributed by atoms with E-state index in [0.29, 0.717) is 35.2 Å². The second-order valence-electron chi connectivity index (χ2n) is 8.71. The molecule has 2 aromatic carbocycles. The van der Waals surface area contributed by atoms with E-state index in [1.807, 2.05) is 31.2 Å². The minimum absolute atomic E-state index is 0.0704. The molecule has 34 heavy (non-hydrogen) atoms. The normalized spacial score (nSPS) is 21.8. The van der Waals surface area contributed by atoms with Gasteiger partial charge < -0.3 is 25.0 Å². The summed E-state index contributed by atoms with van der Waals surface area (Å²) in [5, 5.41) is 6.73. The number of thiazole rings is 1. The van der Waals surface area contributed by atoms with E-state index in [1.165, 1.54) is 11.3 Å². The third kappa shape index (κ3) is 5.38. The molecule has 3 atom stereocenters. The van der Waals surface area contributed by atoms with Gasteiger partial charge in [-0.3, -0.25) is 9.59 Å². The van der Waals surface area contributed by atoms with Gasteiger partial charge in [0.25, 0.3) is 11.8 Å². The Balaban J connectivity index is 1.58. The second-order valence-corrected chi connectivity index (χ2v) is 9.74. The Morgan fingerprint density at radius 3 is 2.82 bits per heavy atom. The number of rotatable bonds is 3. The summed E-state index contributed by atoms with van der Waals surface area (Å²) in [6, 6.07) is 12.8. The van der Waals surface area contributed by atoms with E-state index >= 15 is 0 Å². The number of fused-ring (bicyclic) bond motifs is 2. The Kier molecular flexibility index (Phi) is 7.45. The zero-order valence-electron chi connectivity index (χ0n) is 19.8. The first kappa shape index (κ1) is 24.1. The van der Waals surface area contributed by atoms with Crippen molar-refractivity contribution >= 4 is 39.1 Å². The number of para-hydroxylation sites is 1. The molecule has 2 N–H and O–H groups in total. The molecule has 0 unspecified atom stereocenters. The third-order valence-electron chi connectivity index (χ3n) is 5.97. The molecule has 1 aliphatic heterocycles. The molecule has 3 aromatic rings. The first-order valence-corrected chi connectivity index (χ1v) is 12.1. The van der Waals surface area contributed by atoms with Gasteiger partial charge in [0.1, 0.15) is 12.4 Å². The standard InChI is InChI=1S/C25H30N4O4S/c1-15-12-26-16(2)14-33-20-11-17(9-10-18(20)25(31)29(3)13-21(15)32-4)27-23(30)24-28-19-7-5-6-8-22(19)34-24/h5-11,15-16,21,26H,12-14H2,1-4H3,(H,27,30)/t15-,16-,21-/m1/s1. The molecular weight excluding hydrogens is 452 g/mol. The number of carbonyl (C=O) groups excluding carboxylic acids is 2. The molecule has 2 amide bonds. The number of hydrogen-bond acceptors (Lipinski definition) is 7. The molecule has 0 fully saturated rings. The number of likely N-dealkylation sites (N-methyl/N-ethyl adjacent to an activating group) is 1. The fraction of sp³-hybridized carbons (Fsp3) is 0.400. The van der Waals surface area contributed by atoms with Crippen LogP contribution in [0.25, 0.3) is 10.2 Å². The van der Waals surface area contributed by atoms with Crippen LogP contribution < -0.4 is 15.4 Å². The zero-order chi connectivity index (χ0) is 24.2. The summed E-state index contributed by atoms with van der Waals surface area (Å²) in [4.78, 5) is 32.1. The summed E-state index contributed by atoms with van der Waals surface area (Å²) in [5.41, 5.74) is 1.77. The van der Waals surface area contributed by atoms with Crippen LogP contribution in [-0.4, -0.2) is 67.7 Å². The van der Waals surface area contributed by atoms with Gasteiger partial charge in [0.05, 0.1) is 21.9 Å². The number of amides is 2. The Morgan fingerprint density at radius 1 is 1.26 bits per heavy atom. The fourth-order valence-electron chi connectivity index (χ4n) is 3.89. The van der Waals surface area contributed by atoms with Crippen molar-refractivity contribution in [3.8, 4) is 5.75 Å². The average Bonchev–Trinajstić information content (AvgIpc) is 3.28. The maximum atomic E-state index is 13.2. The smallest absolute Gasteiger partial charge is 0.284 e. The van der Waals surface area contributed by atoms with E-state index in [0.717, 1.165) is 16.8 Å². The molecule has 1 aromatic heterocycles. The summed E-state index contributed by atoms with van der Waals surface area (Å²) in [6.07, 6.45) is -0.0928. The molecule has 0 saturated heterocycles. The van der Waals surface area contributed by atoms with Crippen LogP contribution in [0.15, 0.2) is 42.5 Å². The van der Waals surface area contributed by atoms with Gasteiger partial charge >= 0.3 is 0 Å². The maximum absolute atomic E-state index is 13.2. The van der Waals surface area contributed by atoms with Crippen molar-refractivity contribution < 1.29 is 19.1 Å². The Labute approximate surface area is 203 Å². The van der Waals surface area contributed by atoms with Crippen molar-refractivity contribution in [3.05, 3.63) is 53.0 Å². The van der Waals surface area contributed by atoms with Crippen molar-refractivity contribution in [2.24, 2.45) is 5.92 Å². The summed E-state index contributed by atoms with van der Waals surface area (Å²) in [6.45, 7) is 5.72. The summed E-state index contributed by atoms with van der Waals surface area (Å²) < 4.78 is 12.7. The predicted octanol–water partition coefficient (Wildman–Crippen LogP) is 3.64. The molecule has 8 nitrogen and oxygen atoms in total. The number of nitrogens with zero attached hydrogens (tertiary/aromatic N) is 2. The highest BCUT2D eigenvalue weighted by Crippen LogP contribution is 2.27. The van der Waals surface area contributed by atoms with Crippen LogP contribution >= 0.6 is 11.3 Å². The van der Waals surface area contributed by atoms with Gasteiger partial charge in [-0.25, -0.2) is 4.98 Å². The lowest BCUT2D eigenvalue weighted by molar-refractivity contribution is 0.0281. The molecule has 0 radical (unpaired) electrons. The highest BCUT2D eigenvalue weighted by Gasteiger charge is 2.25. The SMILES string of the molecule is CO[C@@H]1CN(C)C(=O)c2ccc(NC(=O)c3nc4ccccc4s3)cc2OC[C@@H](C)NC[C@H]1C. The molecule has 0 saturated carbocycles. The van der Waals surface area contributed by atoms with Crippen molar-refractivity contribution in [1.82, 2.24) is 15.2 Å². The number of nitrogens with one attached hydrogen (secondary N) is 2. The first-order chi connectivity index (χ1) is 16.4. The lowest BCUT2D eigenvalue weighted by Crippen LogP contribution is -2.44. The maximum Gasteiger partial charge on any atom is 0.284 e. The number of ether oxygens (including phenoxy) is 2. The summed E-state index contributed by atoms with van der Waals surface area (Å²) in [5.74, 6) is 0.191. The minimum atomic E-state index is -0.301. The monoisotopic (exact) mass is 482 g/mol. The Morgan fingerprint density at radius 2 is 2.06 bits per heavy atom. The number of benzene rings is 2. The molecule has 0 spiro atoms. The molecule has 9 heteroatoms. The summed E-state index contributed by atoms with van der Waals surface area (Å²) >= 11 is 1.34. The van der Waals surface area contributed by atoms with Gasteiger partial charge in [-0.2, -0.15) is 0 Å². The van der Waals surface area contributed by atoms with Gasteiger partial charge in [-0.05, 0) is 37.1 Å². The second kappa shape index (κ2) is 10.5. The largest absolute Gasteiger partial charge is 0.491 e. The van der Waals surface area contributed by atoms with E-state index in [2.05, 4.69) is 22.5 Å². The van der Waals surface area contributed by atoms with Crippen molar-refractivity contribution in [2.45, 2.75) is 26.0 Å². The van der Waals surface area contributed by atoms with Crippen LogP contribution in [0.5, 0.6) is 5.75 Å². The predicted molar refractivity (Wildman–Crippen MR) is 134 cm³/mol. The van der Waals surface area contributed by atoms with Crippen LogP contribution in [0.2, 0.25) is 0 Å². The topological polar surface area (TPSA) is 92.8 Å². The Bertz CT molecular complexity index is 1150. The number of hydrogen-bond donors (Lipinski definition) is 2. The van der Waals surface area contributed by atoms with Crippen molar-refractivity contribution in [2.75, 3.05) is 39.2 Å². The van der Waals surface area contributed by atoms with Crippen molar-refractivity contribution in [3.63, 3.8) is 0 Å². The zero-order valence-corrected chi connectivity index (χ0v) is 20.6. The van der Waals surface area contributed by atoms with Crippen LogP contribution in [0.4, 0.5) is 5.69 Å². The first-order valence-electron chi connectivity index (χ1n) is 11.3.